The van der Waals surface area contributed by atoms with Crippen LogP contribution in [0.1, 0.15) is 44.9 Å². The van der Waals surface area contributed by atoms with Gasteiger partial charge >= 0.3 is 0 Å². The highest BCUT2D eigenvalue weighted by Gasteiger charge is 2.17. The molecule has 0 saturated carbocycles. The quantitative estimate of drug-likeness (QED) is 0.784. The summed E-state index contributed by atoms with van der Waals surface area (Å²) in [6, 6.07) is 4.59. The number of nitrogens with one attached hydrogen (secondary N) is 1. The fraction of sp³-hybridized carbons (Fsp3) is 0.611. The number of rotatable bonds is 7. The fourth-order valence-electron chi connectivity index (χ4n) is 3.26. The molecule has 1 atom stereocenters. The molecule has 24 heavy (non-hydrogen) atoms. The largest absolute Gasteiger partial charge is 0.369 e. The number of nitrogens with zero attached hydrogens (tertiary/aromatic N) is 4. The van der Waals surface area contributed by atoms with Gasteiger partial charge in [0.1, 0.15) is 5.82 Å². The smallest absolute Gasteiger partial charge is 0.261 e. The van der Waals surface area contributed by atoms with Crippen molar-refractivity contribution in [1.82, 2.24) is 20.0 Å². The van der Waals surface area contributed by atoms with E-state index in [1.807, 2.05) is 19.1 Å². The predicted octanol–water partition coefficient (Wildman–Crippen LogP) is 3.51. The Balaban J connectivity index is 1.47. The molecular formula is C18H27N5O. The summed E-state index contributed by atoms with van der Waals surface area (Å²) in [4.78, 5) is 11.3. The van der Waals surface area contributed by atoms with E-state index in [1.165, 1.54) is 38.8 Å². The summed E-state index contributed by atoms with van der Waals surface area (Å²) >= 11 is 0. The lowest BCUT2D eigenvalue weighted by atomic mass is 10.0. The van der Waals surface area contributed by atoms with E-state index >= 15 is 0 Å². The lowest BCUT2D eigenvalue weighted by Crippen LogP contribution is -2.38. The van der Waals surface area contributed by atoms with E-state index in [-0.39, 0.29) is 0 Å². The Kier molecular flexibility index (Phi) is 5.80. The van der Waals surface area contributed by atoms with Gasteiger partial charge in [-0.25, -0.2) is 4.98 Å². The van der Waals surface area contributed by atoms with Crippen LogP contribution in [-0.2, 0) is 0 Å². The van der Waals surface area contributed by atoms with Gasteiger partial charge in [-0.3, -0.25) is 0 Å². The molecule has 2 aromatic heterocycles. The molecule has 0 radical (unpaired) electrons. The standard InChI is InChI=1S/C18H27N5O/c1-14-8-3-5-12-23(14)13-6-4-10-19-17-16(9-7-11-20-17)18-21-15(2)22-24-18/h7,9,11,14H,3-6,8,10,12-13H2,1-2H3,(H,19,20). The van der Waals surface area contributed by atoms with Crippen LogP contribution in [0.2, 0.25) is 0 Å². The maximum Gasteiger partial charge on any atom is 0.261 e. The van der Waals surface area contributed by atoms with E-state index in [0.717, 1.165) is 30.4 Å². The maximum absolute atomic E-state index is 5.26. The fourth-order valence-corrected chi connectivity index (χ4v) is 3.26. The van der Waals surface area contributed by atoms with Gasteiger partial charge in [0, 0.05) is 18.8 Å². The van der Waals surface area contributed by atoms with Gasteiger partial charge in [-0.15, -0.1) is 0 Å². The van der Waals surface area contributed by atoms with Crippen molar-refractivity contribution in [3.63, 3.8) is 0 Å². The molecule has 1 fully saturated rings. The predicted molar refractivity (Wildman–Crippen MR) is 94.9 cm³/mol. The van der Waals surface area contributed by atoms with Crippen molar-refractivity contribution in [3.05, 3.63) is 24.2 Å². The van der Waals surface area contributed by atoms with Crippen LogP contribution in [0.25, 0.3) is 11.5 Å². The van der Waals surface area contributed by atoms with Crippen molar-refractivity contribution in [1.29, 1.82) is 0 Å². The molecule has 1 N–H and O–H groups in total. The Morgan fingerprint density at radius 1 is 1.33 bits per heavy atom. The van der Waals surface area contributed by atoms with E-state index < -0.39 is 0 Å². The molecule has 0 aromatic carbocycles. The van der Waals surface area contributed by atoms with Gasteiger partial charge in [-0.2, -0.15) is 4.98 Å². The summed E-state index contributed by atoms with van der Waals surface area (Å²) in [6.07, 6.45) is 8.20. The zero-order chi connectivity index (χ0) is 16.8. The number of aryl methyl sites for hydroxylation is 1. The minimum Gasteiger partial charge on any atom is -0.369 e. The minimum absolute atomic E-state index is 0.519. The second kappa shape index (κ2) is 8.24. The molecule has 0 bridgehead atoms. The first-order valence-electron chi connectivity index (χ1n) is 8.97. The summed E-state index contributed by atoms with van der Waals surface area (Å²) in [6.45, 7) is 7.53. The van der Waals surface area contributed by atoms with Gasteiger partial charge in [0.25, 0.3) is 5.89 Å². The molecule has 6 nitrogen and oxygen atoms in total. The number of pyridine rings is 1. The molecule has 0 aliphatic carbocycles. The van der Waals surface area contributed by atoms with Crippen LogP contribution in [0.5, 0.6) is 0 Å². The van der Waals surface area contributed by atoms with Gasteiger partial charge in [-0.05, 0) is 64.8 Å². The molecule has 0 amide bonds. The molecule has 1 aliphatic rings. The maximum atomic E-state index is 5.26. The van der Waals surface area contributed by atoms with Crippen LogP contribution in [0.4, 0.5) is 5.82 Å². The Bertz CT molecular complexity index is 642. The topological polar surface area (TPSA) is 67.1 Å². The average Bonchev–Trinajstić information content (AvgIpc) is 3.03. The number of hydrogen-bond acceptors (Lipinski definition) is 6. The third kappa shape index (κ3) is 4.32. The lowest BCUT2D eigenvalue weighted by Gasteiger charge is -2.33. The van der Waals surface area contributed by atoms with Crippen molar-refractivity contribution in [2.24, 2.45) is 0 Å². The normalized spacial score (nSPS) is 18.7. The first-order valence-corrected chi connectivity index (χ1v) is 8.97. The SMILES string of the molecule is Cc1noc(-c2cccnc2NCCCCN2CCCCC2C)n1. The van der Waals surface area contributed by atoms with Crippen LogP contribution in [0.3, 0.4) is 0 Å². The minimum atomic E-state index is 0.519. The van der Waals surface area contributed by atoms with Gasteiger partial charge in [-0.1, -0.05) is 11.6 Å². The molecule has 3 heterocycles. The van der Waals surface area contributed by atoms with Crippen LogP contribution >= 0.6 is 0 Å². The Morgan fingerprint density at radius 2 is 2.25 bits per heavy atom. The molecule has 2 aromatic rings. The van der Waals surface area contributed by atoms with Crippen LogP contribution < -0.4 is 5.32 Å². The first-order chi connectivity index (χ1) is 11.7. The molecule has 130 valence electrons. The summed E-state index contributed by atoms with van der Waals surface area (Å²) in [5.41, 5.74) is 0.864. The van der Waals surface area contributed by atoms with Crippen LogP contribution in [-0.4, -0.2) is 45.7 Å². The highest BCUT2D eigenvalue weighted by Crippen LogP contribution is 2.24. The van der Waals surface area contributed by atoms with Crippen LogP contribution in [0, 0.1) is 6.92 Å². The summed E-state index contributed by atoms with van der Waals surface area (Å²) in [7, 11) is 0. The zero-order valence-corrected chi connectivity index (χ0v) is 14.7. The molecule has 1 saturated heterocycles. The van der Waals surface area contributed by atoms with Crippen molar-refractivity contribution in [2.45, 2.75) is 52.0 Å². The van der Waals surface area contributed by atoms with E-state index in [9.17, 15) is 0 Å². The third-order valence-corrected chi connectivity index (χ3v) is 4.67. The second-order valence-corrected chi connectivity index (χ2v) is 6.56. The van der Waals surface area contributed by atoms with Gasteiger partial charge in [0.2, 0.25) is 0 Å². The Morgan fingerprint density at radius 3 is 3.04 bits per heavy atom. The van der Waals surface area contributed by atoms with Gasteiger partial charge < -0.3 is 14.7 Å². The summed E-state index contributed by atoms with van der Waals surface area (Å²) in [5.74, 6) is 1.97. The average molecular weight is 329 g/mol. The number of aromatic nitrogens is 3. The van der Waals surface area contributed by atoms with Crippen molar-refractivity contribution >= 4 is 5.82 Å². The van der Waals surface area contributed by atoms with Gasteiger partial charge in [0.05, 0.1) is 5.56 Å². The number of likely N-dealkylation sites (tertiary alicyclic amines) is 1. The van der Waals surface area contributed by atoms with Crippen molar-refractivity contribution < 1.29 is 4.52 Å². The van der Waals surface area contributed by atoms with Crippen molar-refractivity contribution in [2.75, 3.05) is 25.0 Å². The molecule has 0 spiro atoms. The zero-order valence-electron chi connectivity index (χ0n) is 14.7. The molecule has 1 unspecified atom stereocenters. The first kappa shape index (κ1) is 16.9. The monoisotopic (exact) mass is 329 g/mol. The van der Waals surface area contributed by atoms with E-state index in [2.05, 4.69) is 32.3 Å². The van der Waals surface area contributed by atoms with E-state index in [0.29, 0.717) is 11.7 Å². The van der Waals surface area contributed by atoms with E-state index in [1.54, 1.807) is 6.20 Å². The second-order valence-electron chi connectivity index (χ2n) is 6.56. The molecule has 3 rings (SSSR count). The Labute approximate surface area is 143 Å². The van der Waals surface area contributed by atoms with E-state index in [4.69, 9.17) is 4.52 Å². The highest BCUT2D eigenvalue weighted by atomic mass is 16.5. The number of anilines is 1. The van der Waals surface area contributed by atoms with Gasteiger partial charge in [0.15, 0.2) is 5.82 Å². The number of unbranched alkanes of at least 4 members (excludes halogenated alkanes) is 1. The third-order valence-electron chi connectivity index (χ3n) is 4.67. The molecule has 1 aliphatic heterocycles. The Hall–Kier alpha value is -1.95. The number of piperidine rings is 1. The molecule has 6 heteroatoms. The molecular weight excluding hydrogens is 302 g/mol. The van der Waals surface area contributed by atoms with Crippen LogP contribution in [0.15, 0.2) is 22.9 Å². The summed E-state index contributed by atoms with van der Waals surface area (Å²) in [5, 5.41) is 7.27. The number of hydrogen-bond donors (Lipinski definition) is 1. The van der Waals surface area contributed by atoms with Crippen molar-refractivity contribution in [3.8, 4) is 11.5 Å². The highest BCUT2D eigenvalue weighted by molar-refractivity contribution is 5.68. The lowest BCUT2D eigenvalue weighted by molar-refractivity contribution is 0.158. The summed E-state index contributed by atoms with van der Waals surface area (Å²) < 4.78 is 5.26.